The smallest absolute Gasteiger partial charge is 0.0830 e. The monoisotopic (exact) mass is 219 g/mol. The first-order valence-electron chi connectivity index (χ1n) is 5.42. The SMILES string of the molecule is Cc1nn(C)c(C)c1CCc1cn(C)nn1. The normalized spacial score (nSPS) is 11.0. The molecule has 0 fully saturated rings. The van der Waals surface area contributed by atoms with E-state index in [1.54, 1.807) is 4.68 Å². The van der Waals surface area contributed by atoms with Crippen molar-refractivity contribution in [2.75, 3.05) is 0 Å². The first-order valence-corrected chi connectivity index (χ1v) is 5.42. The van der Waals surface area contributed by atoms with Crippen LogP contribution in [0.15, 0.2) is 6.20 Å². The molecule has 0 atom stereocenters. The molecule has 0 saturated heterocycles. The third kappa shape index (κ3) is 1.98. The van der Waals surface area contributed by atoms with Gasteiger partial charge in [-0.3, -0.25) is 9.36 Å². The Balaban J connectivity index is 2.10. The first-order chi connectivity index (χ1) is 7.58. The second-order valence-corrected chi connectivity index (χ2v) is 4.16. The van der Waals surface area contributed by atoms with E-state index >= 15 is 0 Å². The zero-order chi connectivity index (χ0) is 11.7. The summed E-state index contributed by atoms with van der Waals surface area (Å²) < 4.78 is 3.67. The molecule has 0 radical (unpaired) electrons. The van der Waals surface area contributed by atoms with E-state index in [-0.39, 0.29) is 0 Å². The van der Waals surface area contributed by atoms with E-state index in [1.807, 2.05) is 25.0 Å². The second kappa shape index (κ2) is 4.08. The lowest BCUT2D eigenvalue weighted by molar-refractivity contribution is 0.712. The van der Waals surface area contributed by atoms with Crippen LogP contribution in [0.1, 0.15) is 22.6 Å². The average molecular weight is 219 g/mol. The molecule has 16 heavy (non-hydrogen) atoms. The Morgan fingerprint density at radius 2 is 1.94 bits per heavy atom. The molecule has 0 spiro atoms. The third-order valence-corrected chi connectivity index (χ3v) is 2.94. The molecule has 2 rings (SSSR count). The Morgan fingerprint density at radius 1 is 1.19 bits per heavy atom. The number of rotatable bonds is 3. The van der Waals surface area contributed by atoms with Crippen molar-refractivity contribution in [1.29, 1.82) is 0 Å². The maximum absolute atomic E-state index is 4.40. The van der Waals surface area contributed by atoms with E-state index < -0.39 is 0 Å². The standard InChI is InChI=1S/C11H17N5/c1-8-11(9(2)16(4)13-8)6-5-10-7-15(3)14-12-10/h7H,5-6H2,1-4H3. The molecule has 0 aliphatic heterocycles. The zero-order valence-corrected chi connectivity index (χ0v) is 10.2. The highest BCUT2D eigenvalue weighted by atomic mass is 15.4. The van der Waals surface area contributed by atoms with Crippen LogP contribution in [0.4, 0.5) is 0 Å². The Labute approximate surface area is 95.1 Å². The minimum absolute atomic E-state index is 0.918. The molecule has 0 amide bonds. The minimum Gasteiger partial charge on any atom is -0.272 e. The summed E-state index contributed by atoms with van der Waals surface area (Å²) in [6.45, 7) is 4.16. The van der Waals surface area contributed by atoms with Crippen molar-refractivity contribution in [2.24, 2.45) is 14.1 Å². The number of nitrogens with zero attached hydrogens (tertiary/aromatic N) is 5. The second-order valence-electron chi connectivity index (χ2n) is 4.16. The minimum atomic E-state index is 0.918. The fourth-order valence-corrected chi connectivity index (χ4v) is 1.94. The van der Waals surface area contributed by atoms with Crippen molar-refractivity contribution in [2.45, 2.75) is 26.7 Å². The van der Waals surface area contributed by atoms with Crippen LogP contribution in [-0.4, -0.2) is 24.8 Å². The van der Waals surface area contributed by atoms with Gasteiger partial charge in [0.15, 0.2) is 0 Å². The van der Waals surface area contributed by atoms with Gasteiger partial charge in [-0.15, -0.1) is 5.10 Å². The highest BCUT2D eigenvalue weighted by Crippen LogP contribution is 2.14. The Bertz CT molecular complexity index is 494. The van der Waals surface area contributed by atoms with Crippen LogP contribution in [0.25, 0.3) is 0 Å². The predicted octanol–water partition coefficient (Wildman–Crippen LogP) is 0.951. The van der Waals surface area contributed by atoms with Gasteiger partial charge in [0.1, 0.15) is 0 Å². The fourth-order valence-electron chi connectivity index (χ4n) is 1.94. The molecule has 5 nitrogen and oxygen atoms in total. The third-order valence-electron chi connectivity index (χ3n) is 2.94. The predicted molar refractivity (Wildman–Crippen MR) is 61.1 cm³/mol. The van der Waals surface area contributed by atoms with Crippen LogP contribution in [0.2, 0.25) is 0 Å². The Morgan fingerprint density at radius 3 is 2.44 bits per heavy atom. The number of aryl methyl sites for hydroxylation is 4. The topological polar surface area (TPSA) is 48.5 Å². The van der Waals surface area contributed by atoms with Gasteiger partial charge in [0.25, 0.3) is 0 Å². The maximum atomic E-state index is 4.40. The Kier molecular flexibility index (Phi) is 2.77. The molecular weight excluding hydrogens is 202 g/mol. The van der Waals surface area contributed by atoms with E-state index in [0.29, 0.717) is 0 Å². The molecule has 0 bridgehead atoms. The zero-order valence-electron chi connectivity index (χ0n) is 10.2. The van der Waals surface area contributed by atoms with Crippen molar-refractivity contribution in [1.82, 2.24) is 24.8 Å². The lowest BCUT2D eigenvalue weighted by Gasteiger charge is -1.99. The summed E-state index contributed by atoms with van der Waals surface area (Å²) in [5.74, 6) is 0. The molecule has 0 N–H and O–H groups in total. The van der Waals surface area contributed by atoms with Crippen LogP contribution in [0.3, 0.4) is 0 Å². The lowest BCUT2D eigenvalue weighted by atomic mass is 10.1. The van der Waals surface area contributed by atoms with Gasteiger partial charge in [-0.1, -0.05) is 5.21 Å². The van der Waals surface area contributed by atoms with Crippen LogP contribution >= 0.6 is 0 Å². The van der Waals surface area contributed by atoms with E-state index in [2.05, 4.69) is 29.3 Å². The molecule has 0 aliphatic carbocycles. The number of aromatic nitrogens is 5. The van der Waals surface area contributed by atoms with Gasteiger partial charge in [0, 0.05) is 26.0 Å². The van der Waals surface area contributed by atoms with Gasteiger partial charge in [-0.25, -0.2) is 0 Å². The molecule has 0 saturated carbocycles. The molecule has 0 aliphatic rings. The molecule has 2 aromatic rings. The van der Waals surface area contributed by atoms with Gasteiger partial charge < -0.3 is 0 Å². The van der Waals surface area contributed by atoms with E-state index in [1.165, 1.54) is 11.3 Å². The molecular formula is C11H17N5. The maximum Gasteiger partial charge on any atom is 0.0830 e. The highest BCUT2D eigenvalue weighted by Gasteiger charge is 2.09. The van der Waals surface area contributed by atoms with Crippen LogP contribution < -0.4 is 0 Å². The molecule has 2 aromatic heterocycles. The van der Waals surface area contributed by atoms with Gasteiger partial charge in [0.05, 0.1) is 11.4 Å². The van der Waals surface area contributed by atoms with Gasteiger partial charge in [0.2, 0.25) is 0 Å². The molecule has 0 unspecified atom stereocenters. The molecule has 0 aromatic carbocycles. The summed E-state index contributed by atoms with van der Waals surface area (Å²) in [7, 11) is 3.87. The highest BCUT2D eigenvalue weighted by molar-refractivity contribution is 5.25. The van der Waals surface area contributed by atoms with Crippen LogP contribution in [-0.2, 0) is 26.9 Å². The van der Waals surface area contributed by atoms with Gasteiger partial charge >= 0.3 is 0 Å². The number of hydrogen-bond donors (Lipinski definition) is 0. The lowest BCUT2D eigenvalue weighted by Crippen LogP contribution is -1.96. The summed E-state index contributed by atoms with van der Waals surface area (Å²) in [6.07, 6.45) is 3.85. The van der Waals surface area contributed by atoms with Gasteiger partial charge in [-0.2, -0.15) is 5.10 Å². The largest absolute Gasteiger partial charge is 0.272 e. The number of hydrogen-bond acceptors (Lipinski definition) is 3. The van der Waals surface area contributed by atoms with Crippen molar-refractivity contribution < 1.29 is 0 Å². The van der Waals surface area contributed by atoms with Crippen molar-refractivity contribution in [3.8, 4) is 0 Å². The summed E-state index contributed by atoms with van der Waals surface area (Å²) in [6, 6.07) is 0. The van der Waals surface area contributed by atoms with Gasteiger partial charge in [-0.05, 0) is 32.3 Å². The molecule has 2 heterocycles. The van der Waals surface area contributed by atoms with Crippen molar-refractivity contribution in [3.63, 3.8) is 0 Å². The van der Waals surface area contributed by atoms with Crippen molar-refractivity contribution in [3.05, 3.63) is 28.8 Å². The van der Waals surface area contributed by atoms with Crippen molar-refractivity contribution >= 4 is 0 Å². The Hall–Kier alpha value is -1.65. The van der Waals surface area contributed by atoms with Crippen LogP contribution in [0, 0.1) is 13.8 Å². The summed E-state index contributed by atoms with van der Waals surface area (Å²) in [5, 5.41) is 12.4. The molecule has 5 heteroatoms. The van der Waals surface area contributed by atoms with E-state index in [4.69, 9.17) is 0 Å². The van der Waals surface area contributed by atoms with E-state index in [0.717, 1.165) is 24.2 Å². The summed E-state index contributed by atoms with van der Waals surface area (Å²) in [4.78, 5) is 0. The molecule has 86 valence electrons. The van der Waals surface area contributed by atoms with E-state index in [9.17, 15) is 0 Å². The first kappa shape index (κ1) is 10.9. The fraction of sp³-hybridized carbons (Fsp3) is 0.545. The summed E-state index contributed by atoms with van der Waals surface area (Å²) in [5.41, 5.74) is 4.71. The van der Waals surface area contributed by atoms with Crippen LogP contribution in [0.5, 0.6) is 0 Å². The average Bonchev–Trinajstić information content (AvgIpc) is 2.72. The quantitative estimate of drug-likeness (QED) is 0.772. The summed E-state index contributed by atoms with van der Waals surface area (Å²) >= 11 is 0.